The van der Waals surface area contributed by atoms with Crippen molar-refractivity contribution in [2.75, 3.05) is 58.9 Å². The minimum atomic E-state index is -0.949. The van der Waals surface area contributed by atoms with E-state index in [9.17, 15) is 24.3 Å². The first kappa shape index (κ1) is 27.1. The number of imide groups is 1. The SMILES string of the molecule is O=C(CN1CCN(CCN2C(=O)c3cccc4cccc(c34)C2=O)CC1)N1CCC(C(=O)O)(c2ccccc2)CC1. The Kier molecular flexibility index (Phi) is 7.32. The number of piperidine rings is 1. The summed E-state index contributed by atoms with van der Waals surface area (Å²) in [7, 11) is 0. The molecule has 3 aromatic rings. The summed E-state index contributed by atoms with van der Waals surface area (Å²) < 4.78 is 0. The van der Waals surface area contributed by atoms with Crippen molar-refractivity contribution in [2.45, 2.75) is 18.3 Å². The molecule has 2 saturated heterocycles. The number of piperazine rings is 1. The number of carbonyl (C=O) groups is 4. The van der Waals surface area contributed by atoms with Crippen LogP contribution in [-0.4, -0.2) is 107 Å². The minimum absolute atomic E-state index is 0.0304. The average Bonchev–Trinajstić information content (AvgIpc) is 3.01. The topological polar surface area (TPSA) is 101 Å². The molecule has 0 aliphatic carbocycles. The third-order valence-corrected chi connectivity index (χ3v) is 9.02. The van der Waals surface area contributed by atoms with Crippen molar-refractivity contribution in [3.05, 3.63) is 83.4 Å². The van der Waals surface area contributed by atoms with Crippen molar-refractivity contribution in [3.63, 3.8) is 0 Å². The van der Waals surface area contributed by atoms with Crippen molar-refractivity contribution in [2.24, 2.45) is 0 Å². The predicted octanol–water partition coefficient (Wildman–Crippen LogP) is 2.70. The van der Waals surface area contributed by atoms with E-state index in [1.807, 2.05) is 54.6 Å². The van der Waals surface area contributed by atoms with Gasteiger partial charge in [-0.05, 0) is 35.9 Å². The Labute approximate surface area is 238 Å². The van der Waals surface area contributed by atoms with Gasteiger partial charge in [-0.15, -0.1) is 0 Å². The number of carbonyl (C=O) groups excluding carboxylic acids is 3. The highest BCUT2D eigenvalue weighted by Crippen LogP contribution is 2.36. The number of amides is 3. The van der Waals surface area contributed by atoms with E-state index in [-0.39, 0.29) is 17.7 Å². The maximum atomic E-state index is 13.2. The Bertz CT molecular complexity index is 1440. The van der Waals surface area contributed by atoms with Crippen LogP contribution in [0.15, 0.2) is 66.7 Å². The molecule has 0 radical (unpaired) electrons. The molecule has 3 amide bonds. The highest BCUT2D eigenvalue weighted by atomic mass is 16.4. The van der Waals surface area contributed by atoms with Crippen molar-refractivity contribution in [1.82, 2.24) is 19.6 Å². The predicted molar refractivity (Wildman–Crippen MR) is 154 cm³/mol. The van der Waals surface area contributed by atoms with Crippen LogP contribution in [0, 0.1) is 0 Å². The van der Waals surface area contributed by atoms with E-state index < -0.39 is 11.4 Å². The maximum absolute atomic E-state index is 13.2. The zero-order chi connectivity index (χ0) is 28.6. The molecule has 2 fully saturated rings. The van der Waals surface area contributed by atoms with Gasteiger partial charge >= 0.3 is 5.97 Å². The average molecular weight is 555 g/mol. The van der Waals surface area contributed by atoms with Gasteiger partial charge in [0.25, 0.3) is 11.8 Å². The van der Waals surface area contributed by atoms with E-state index in [1.54, 1.807) is 17.0 Å². The van der Waals surface area contributed by atoms with Crippen LogP contribution in [0.4, 0.5) is 0 Å². The second kappa shape index (κ2) is 11.1. The third-order valence-electron chi connectivity index (χ3n) is 9.02. The third kappa shape index (κ3) is 5.00. The van der Waals surface area contributed by atoms with Crippen LogP contribution in [0.3, 0.4) is 0 Å². The van der Waals surface area contributed by atoms with Crippen molar-refractivity contribution in [3.8, 4) is 0 Å². The number of carboxylic acid groups (broad SMARTS) is 1. The summed E-state index contributed by atoms with van der Waals surface area (Å²) in [6.45, 7) is 4.98. The number of rotatable bonds is 7. The van der Waals surface area contributed by atoms with Gasteiger partial charge in [0.15, 0.2) is 0 Å². The smallest absolute Gasteiger partial charge is 0.314 e. The van der Waals surface area contributed by atoms with Crippen molar-refractivity contribution in [1.29, 1.82) is 0 Å². The number of benzene rings is 3. The zero-order valence-corrected chi connectivity index (χ0v) is 23.0. The Hall–Kier alpha value is -4.08. The van der Waals surface area contributed by atoms with Crippen LogP contribution < -0.4 is 0 Å². The summed E-state index contributed by atoms with van der Waals surface area (Å²) in [4.78, 5) is 59.2. The van der Waals surface area contributed by atoms with Gasteiger partial charge in [0.1, 0.15) is 0 Å². The Balaban J connectivity index is 0.989. The van der Waals surface area contributed by atoms with Crippen LogP contribution in [0.2, 0.25) is 0 Å². The van der Waals surface area contributed by atoms with Gasteiger partial charge in [0.2, 0.25) is 5.91 Å². The van der Waals surface area contributed by atoms with Gasteiger partial charge in [0.05, 0.1) is 12.0 Å². The van der Waals surface area contributed by atoms with Crippen LogP contribution in [0.1, 0.15) is 39.1 Å². The monoisotopic (exact) mass is 554 g/mol. The molecule has 6 rings (SSSR count). The number of hydrogen-bond donors (Lipinski definition) is 1. The fourth-order valence-corrected chi connectivity index (χ4v) is 6.51. The molecule has 3 aromatic carbocycles. The minimum Gasteiger partial charge on any atom is -0.481 e. The molecule has 0 aromatic heterocycles. The van der Waals surface area contributed by atoms with Crippen LogP contribution in [-0.2, 0) is 15.0 Å². The Morgan fingerprint density at radius 1 is 0.707 bits per heavy atom. The first-order chi connectivity index (χ1) is 19.9. The summed E-state index contributed by atoms with van der Waals surface area (Å²) in [5.74, 6) is -1.29. The summed E-state index contributed by atoms with van der Waals surface area (Å²) in [5.41, 5.74) is 0.992. The first-order valence-corrected chi connectivity index (χ1v) is 14.3. The fraction of sp³-hybridized carbons (Fsp3) is 0.375. The summed E-state index contributed by atoms with van der Waals surface area (Å²) >= 11 is 0. The van der Waals surface area contributed by atoms with Gasteiger partial charge < -0.3 is 10.0 Å². The molecule has 1 N–H and O–H groups in total. The molecule has 0 spiro atoms. The van der Waals surface area contributed by atoms with E-state index in [2.05, 4.69) is 9.80 Å². The molecular formula is C32H34N4O5. The molecule has 0 bridgehead atoms. The van der Waals surface area contributed by atoms with E-state index in [1.165, 1.54) is 4.90 Å². The lowest BCUT2D eigenvalue weighted by atomic mass is 9.73. The molecule has 3 heterocycles. The van der Waals surface area contributed by atoms with E-state index >= 15 is 0 Å². The lowest BCUT2D eigenvalue weighted by Gasteiger charge is -2.40. The largest absolute Gasteiger partial charge is 0.481 e. The molecular weight excluding hydrogens is 520 g/mol. The van der Waals surface area contributed by atoms with E-state index in [0.717, 1.165) is 29.4 Å². The lowest BCUT2D eigenvalue weighted by Crippen LogP contribution is -2.54. The number of nitrogens with zero attached hydrogens (tertiary/aromatic N) is 4. The normalized spacial score (nSPS) is 19.5. The van der Waals surface area contributed by atoms with Gasteiger partial charge in [-0.1, -0.05) is 54.6 Å². The van der Waals surface area contributed by atoms with Crippen LogP contribution in [0.5, 0.6) is 0 Å². The second-order valence-corrected chi connectivity index (χ2v) is 11.2. The van der Waals surface area contributed by atoms with Crippen molar-refractivity contribution < 1.29 is 24.3 Å². The molecule has 0 saturated carbocycles. The number of carboxylic acids is 1. The lowest BCUT2D eigenvalue weighted by molar-refractivity contribution is -0.148. The maximum Gasteiger partial charge on any atom is 0.314 e. The molecule has 0 unspecified atom stereocenters. The Morgan fingerprint density at radius 3 is 1.88 bits per heavy atom. The molecule has 9 nitrogen and oxygen atoms in total. The second-order valence-electron chi connectivity index (χ2n) is 11.2. The van der Waals surface area contributed by atoms with Gasteiger partial charge in [-0.2, -0.15) is 0 Å². The highest BCUT2D eigenvalue weighted by molar-refractivity contribution is 6.25. The van der Waals surface area contributed by atoms with Crippen molar-refractivity contribution >= 4 is 34.5 Å². The first-order valence-electron chi connectivity index (χ1n) is 14.3. The standard InChI is InChI=1S/C32H34N4O5/c37-27(35-14-12-32(13-15-35,31(40)41)24-8-2-1-3-9-24)22-34-18-16-33(17-19-34)20-21-36-29(38)25-10-4-6-23-7-5-11-26(28(23)25)30(36)39/h1-11H,12-22H2,(H,40,41). The molecule has 0 atom stereocenters. The number of likely N-dealkylation sites (tertiary alicyclic amines) is 1. The summed E-state index contributed by atoms with van der Waals surface area (Å²) in [5, 5.41) is 11.7. The van der Waals surface area contributed by atoms with Gasteiger partial charge in [0, 0.05) is 68.9 Å². The van der Waals surface area contributed by atoms with Crippen LogP contribution in [0.25, 0.3) is 10.8 Å². The van der Waals surface area contributed by atoms with Gasteiger partial charge in [-0.3, -0.25) is 33.9 Å². The zero-order valence-electron chi connectivity index (χ0n) is 23.0. The highest BCUT2D eigenvalue weighted by Gasteiger charge is 2.44. The molecule has 212 valence electrons. The number of hydrogen-bond acceptors (Lipinski definition) is 6. The summed E-state index contributed by atoms with van der Waals surface area (Å²) in [6, 6.07) is 20.4. The fourth-order valence-electron chi connectivity index (χ4n) is 6.51. The Morgan fingerprint density at radius 2 is 1.29 bits per heavy atom. The van der Waals surface area contributed by atoms with Crippen LogP contribution >= 0.6 is 0 Å². The molecule has 3 aliphatic heterocycles. The molecule has 41 heavy (non-hydrogen) atoms. The van der Waals surface area contributed by atoms with E-state index in [4.69, 9.17) is 0 Å². The van der Waals surface area contributed by atoms with Gasteiger partial charge in [-0.25, -0.2) is 0 Å². The molecule has 3 aliphatic rings. The quantitative estimate of drug-likeness (QED) is 0.448. The number of aliphatic carboxylic acids is 1. The van der Waals surface area contributed by atoms with E-state index in [0.29, 0.717) is 69.8 Å². The molecule has 9 heteroatoms. The summed E-state index contributed by atoms with van der Waals surface area (Å²) in [6.07, 6.45) is 0.803.